The van der Waals surface area contributed by atoms with E-state index in [0.29, 0.717) is 5.69 Å². The van der Waals surface area contributed by atoms with Gasteiger partial charge in [-0.25, -0.2) is 0 Å². The summed E-state index contributed by atoms with van der Waals surface area (Å²) in [6.07, 6.45) is 1.73. The topological polar surface area (TPSA) is 55.1 Å². The maximum atomic E-state index is 12.4. The largest absolute Gasteiger partial charge is 0.399 e. The van der Waals surface area contributed by atoms with E-state index in [1.807, 2.05) is 36.4 Å². The van der Waals surface area contributed by atoms with Gasteiger partial charge in [0.05, 0.1) is 5.25 Å². The highest BCUT2D eigenvalue weighted by Crippen LogP contribution is 2.36. The van der Waals surface area contributed by atoms with Crippen molar-refractivity contribution < 1.29 is 4.79 Å². The van der Waals surface area contributed by atoms with Crippen LogP contribution in [-0.4, -0.2) is 11.2 Å². The van der Waals surface area contributed by atoms with Gasteiger partial charge in [-0.1, -0.05) is 18.2 Å². The Kier molecular flexibility index (Phi) is 4.22. The maximum Gasteiger partial charge on any atom is 0.237 e. The van der Waals surface area contributed by atoms with Gasteiger partial charge in [0, 0.05) is 20.7 Å². The molecule has 0 fully saturated rings. The molecule has 0 saturated heterocycles. The second-order valence-corrected chi connectivity index (χ2v) is 7.08. The number of nitrogens with two attached hydrogens (primary N) is 1. The lowest BCUT2D eigenvalue weighted by molar-refractivity contribution is -0.115. The molecule has 2 aromatic rings. The number of halogens is 1. The van der Waals surface area contributed by atoms with Gasteiger partial charge in [0.2, 0.25) is 5.91 Å². The fourth-order valence-corrected chi connectivity index (χ4v) is 4.07. The number of anilines is 2. The van der Waals surface area contributed by atoms with Crippen molar-refractivity contribution in [3.63, 3.8) is 0 Å². The van der Waals surface area contributed by atoms with Crippen LogP contribution in [0, 0.1) is 0 Å². The Morgan fingerprint density at radius 1 is 1.24 bits per heavy atom. The van der Waals surface area contributed by atoms with Crippen molar-refractivity contribution in [2.45, 2.75) is 23.0 Å². The molecule has 3 nitrogen and oxygen atoms in total. The molecule has 21 heavy (non-hydrogen) atoms. The second kappa shape index (κ2) is 6.12. The van der Waals surface area contributed by atoms with Crippen molar-refractivity contribution in [1.82, 2.24) is 0 Å². The summed E-state index contributed by atoms with van der Waals surface area (Å²) in [5.41, 5.74) is 8.60. The summed E-state index contributed by atoms with van der Waals surface area (Å²) in [4.78, 5) is 13.4. The number of hydrogen-bond donors (Lipinski definition) is 2. The van der Waals surface area contributed by atoms with Crippen LogP contribution in [0.2, 0.25) is 0 Å². The molecule has 0 bridgehead atoms. The Balaban J connectivity index is 1.80. The van der Waals surface area contributed by atoms with Crippen LogP contribution in [0.25, 0.3) is 0 Å². The van der Waals surface area contributed by atoms with Gasteiger partial charge in [0.25, 0.3) is 0 Å². The van der Waals surface area contributed by atoms with Gasteiger partial charge in [-0.3, -0.25) is 4.79 Å². The zero-order valence-corrected chi connectivity index (χ0v) is 13.7. The number of thioether (sulfide) groups is 1. The van der Waals surface area contributed by atoms with Gasteiger partial charge in [-0.05, 0) is 58.6 Å². The second-order valence-electron chi connectivity index (χ2n) is 4.98. The predicted octanol–water partition coefficient (Wildman–Crippen LogP) is 4.08. The van der Waals surface area contributed by atoms with E-state index in [-0.39, 0.29) is 11.2 Å². The number of aryl methyl sites for hydroxylation is 1. The summed E-state index contributed by atoms with van der Waals surface area (Å²) in [6.45, 7) is 0. The van der Waals surface area contributed by atoms with Crippen molar-refractivity contribution >= 4 is 45.0 Å². The Labute approximate surface area is 136 Å². The molecular formula is C16H15BrN2OS. The zero-order valence-electron chi connectivity index (χ0n) is 11.3. The van der Waals surface area contributed by atoms with Crippen LogP contribution >= 0.6 is 27.7 Å². The van der Waals surface area contributed by atoms with Crippen LogP contribution < -0.4 is 11.1 Å². The van der Waals surface area contributed by atoms with Crippen LogP contribution in [0.1, 0.15) is 12.0 Å². The molecule has 0 aromatic heterocycles. The number of hydrogen-bond acceptors (Lipinski definition) is 3. The van der Waals surface area contributed by atoms with Crippen molar-refractivity contribution in [3.8, 4) is 0 Å². The first kappa shape index (κ1) is 14.5. The monoisotopic (exact) mass is 362 g/mol. The summed E-state index contributed by atoms with van der Waals surface area (Å²) in [7, 11) is 0. The van der Waals surface area contributed by atoms with E-state index in [1.54, 1.807) is 11.8 Å². The first-order valence-corrected chi connectivity index (χ1v) is 8.41. The van der Waals surface area contributed by atoms with Crippen molar-refractivity contribution in [2.24, 2.45) is 0 Å². The fourth-order valence-electron chi connectivity index (χ4n) is 2.37. The summed E-state index contributed by atoms with van der Waals surface area (Å²) < 4.78 is 0.932. The highest BCUT2D eigenvalue weighted by atomic mass is 79.9. The lowest BCUT2D eigenvalue weighted by atomic mass is 10.1. The third-order valence-electron chi connectivity index (χ3n) is 3.47. The smallest absolute Gasteiger partial charge is 0.237 e. The standard InChI is InChI=1S/C16H15BrN2OS/c17-12-9-11(18)6-8-14(12)21-15-7-5-10-3-1-2-4-13(10)19-16(15)20/h1-4,6,8-9,15H,5,7,18H2,(H,19,20). The molecule has 0 spiro atoms. The predicted molar refractivity (Wildman–Crippen MR) is 91.6 cm³/mol. The van der Waals surface area contributed by atoms with Gasteiger partial charge in [-0.2, -0.15) is 0 Å². The Hall–Kier alpha value is -1.46. The van der Waals surface area contributed by atoms with Crippen LogP contribution in [0.5, 0.6) is 0 Å². The molecule has 0 radical (unpaired) electrons. The van der Waals surface area contributed by atoms with Gasteiger partial charge in [-0.15, -0.1) is 11.8 Å². The van der Waals surface area contributed by atoms with Gasteiger partial charge in [0.1, 0.15) is 0 Å². The molecule has 0 aliphatic carbocycles. The number of nitrogen functional groups attached to an aromatic ring is 1. The number of nitrogens with one attached hydrogen (secondary N) is 1. The Morgan fingerprint density at radius 3 is 2.86 bits per heavy atom. The number of fused-ring (bicyclic) bond motifs is 1. The third kappa shape index (κ3) is 3.24. The van der Waals surface area contributed by atoms with E-state index < -0.39 is 0 Å². The van der Waals surface area contributed by atoms with E-state index in [4.69, 9.17) is 5.73 Å². The molecule has 2 aromatic carbocycles. The molecule has 1 heterocycles. The molecule has 3 N–H and O–H groups in total. The first-order valence-electron chi connectivity index (χ1n) is 6.74. The normalized spacial score (nSPS) is 17.8. The summed E-state index contributed by atoms with van der Waals surface area (Å²) in [5.74, 6) is 0.0636. The molecule has 1 atom stereocenters. The van der Waals surface area contributed by atoms with E-state index in [9.17, 15) is 4.79 Å². The molecule has 1 unspecified atom stereocenters. The van der Waals surface area contributed by atoms with Crippen molar-refractivity contribution in [1.29, 1.82) is 0 Å². The average molecular weight is 363 g/mol. The van der Waals surface area contributed by atoms with E-state index >= 15 is 0 Å². The summed E-state index contributed by atoms with van der Waals surface area (Å²) in [6, 6.07) is 13.7. The van der Waals surface area contributed by atoms with E-state index in [2.05, 4.69) is 27.3 Å². The van der Waals surface area contributed by atoms with Crippen LogP contribution in [0.3, 0.4) is 0 Å². The number of benzene rings is 2. The first-order chi connectivity index (χ1) is 10.1. The number of para-hydroxylation sites is 1. The number of rotatable bonds is 2. The van der Waals surface area contributed by atoms with E-state index in [1.165, 1.54) is 5.56 Å². The summed E-state index contributed by atoms with van der Waals surface area (Å²) >= 11 is 5.09. The minimum Gasteiger partial charge on any atom is -0.399 e. The van der Waals surface area contributed by atoms with E-state index in [0.717, 1.165) is 27.9 Å². The molecule has 3 rings (SSSR count). The third-order valence-corrected chi connectivity index (χ3v) is 5.73. The highest BCUT2D eigenvalue weighted by molar-refractivity contribution is 9.10. The Bertz CT molecular complexity index is 690. The van der Waals surface area contributed by atoms with Crippen molar-refractivity contribution in [2.75, 3.05) is 11.1 Å². The van der Waals surface area contributed by atoms with Crippen LogP contribution in [0.4, 0.5) is 11.4 Å². The number of carbonyl (C=O) groups is 1. The molecule has 0 saturated carbocycles. The van der Waals surface area contributed by atoms with Gasteiger partial charge < -0.3 is 11.1 Å². The number of amides is 1. The highest BCUT2D eigenvalue weighted by Gasteiger charge is 2.24. The maximum absolute atomic E-state index is 12.4. The average Bonchev–Trinajstić information content (AvgIpc) is 2.61. The number of carbonyl (C=O) groups excluding carboxylic acids is 1. The molecule has 1 aliphatic heterocycles. The SMILES string of the molecule is Nc1ccc(SC2CCc3ccccc3NC2=O)c(Br)c1. The summed E-state index contributed by atoms with van der Waals surface area (Å²) in [5, 5.41) is 2.92. The lowest BCUT2D eigenvalue weighted by Crippen LogP contribution is -2.23. The molecule has 1 amide bonds. The minimum atomic E-state index is -0.0997. The van der Waals surface area contributed by atoms with Gasteiger partial charge in [0.15, 0.2) is 0 Å². The van der Waals surface area contributed by atoms with Crippen LogP contribution in [-0.2, 0) is 11.2 Å². The zero-order chi connectivity index (χ0) is 14.8. The molecule has 108 valence electrons. The quantitative estimate of drug-likeness (QED) is 0.791. The van der Waals surface area contributed by atoms with Gasteiger partial charge >= 0.3 is 0 Å². The lowest BCUT2D eigenvalue weighted by Gasteiger charge is -2.14. The Morgan fingerprint density at radius 2 is 2.05 bits per heavy atom. The molecule has 5 heteroatoms. The van der Waals surface area contributed by atoms with Crippen LogP contribution in [0.15, 0.2) is 51.8 Å². The minimum absolute atomic E-state index is 0.0636. The fraction of sp³-hybridized carbons (Fsp3) is 0.188. The van der Waals surface area contributed by atoms with Crippen molar-refractivity contribution in [3.05, 3.63) is 52.5 Å². The molecule has 1 aliphatic rings. The molecular weight excluding hydrogens is 348 g/mol.